The lowest BCUT2D eigenvalue weighted by molar-refractivity contribution is -0.219. The van der Waals surface area contributed by atoms with Gasteiger partial charge in [-0.3, -0.25) is 0 Å². The van der Waals surface area contributed by atoms with Crippen molar-refractivity contribution in [3.63, 3.8) is 0 Å². The van der Waals surface area contributed by atoms with Gasteiger partial charge in [0.05, 0.1) is 17.9 Å². The third kappa shape index (κ3) is 5.68. The molecule has 6 aromatic carbocycles. The van der Waals surface area contributed by atoms with Crippen molar-refractivity contribution in [3.05, 3.63) is 123 Å². The lowest BCUT2D eigenvalue weighted by Crippen LogP contribution is -2.57. The third-order valence-corrected chi connectivity index (χ3v) is 12.2. The maximum absolute atomic E-state index is 12.7. The number of phenols is 11. The molecule has 10 rings (SSSR count). The highest BCUT2D eigenvalue weighted by Crippen LogP contribution is 2.65. The van der Waals surface area contributed by atoms with E-state index < -0.39 is 117 Å². The third-order valence-electron chi connectivity index (χ3n) is 12.2. The van der Waals surface area contributed by atoms with Crippen molar-refractivity contribution in [2.75, 3.05) is 0 Å². The van der Waals surface area contributed by atoms with Crippen LogP contribution in [-0.2, 0) is 12.2 Å². The summed E-state index contributed by atoms with van der Waals surface area (Å²) in [4.78, 5) is 0. The van der Waals surface area contributed by atoms with E-state index in [4.69, 9.17) is 18.9 Å². The zero-order valence-electron chi connectivity index (χ0n) is 32.1. The fourth-order valence-corrected chi connectivity index (χ4v) is 9.31. The number of phenolic OH excluding ortho intramolecular Hbond substituents is 11. The van der Waals surface area contributed by atoms with Gasteiger partial charge in [-0.25, -0.2) is 0 Å². The van der Waals surface area contributed by atoms with Crippen LogP contribution in [0.2, 0.25) is 0 Å². The molecule has 4 heterocycles. The Morgan fingerprint density at radius 1 is 0.460 bits per heavy atom. The number of aliphatic hydroxyl groups excluding tert-OH is 3. The molecule has 18 nitrogen and oxygen atoms in total. The number of rotatable bonds is 4. The second-order valence-electron chi connectivity index (χ2n) is 15.9. The van der Waals surface area contributed by atoms with Gasteiger partial charge in [0, 0.05) is 64.1 Å². The van der Waals surface area contributed by atoms with Gasteiger partial charge in [0.2, 0.25) is 0 Å². The van der Waals surface area contributed by atoms with E-state index in [1.54, 1.807) is 0 Å². The molecular weight excluding hydrogens is 828 g/mol. The first-order chi connectivity index (χ1) is 30.0. The largest absolute Gasteiger partial charge is 0.508 e. The van der Waals surface area contributed by atoms with E-state index in [-0.39, 0.29) is 68.4 Å². The molecule has 0 spiro atoms. The molecule has 0 aliphatic carbocycles. The Morgan fingerprint density at radius 3 is 1.67 bits per heavy atom. The first-order valence-electron chi connectivity index (χ1n) is 19.3. The Morgan fingerprint density at radius 2 is 1.03 bits per heavy atom. The minimum atomic E-state index is -2.36. The Labute approximate surface area is 354 Å². The highest BCUT2D eigenvalue weighted by molar-refractivity contribution is 5.72. The summed E-state index contributed by atoms with van der Waals surface area (Å²) in [6.07, 6.45) is -8.07. The van der Waals surface area contributed by atoms with Crippen LogP contribution in [0.1, 0.15) is 68.6 Å². The van der Waals surface area contributed by atoms with Gasteiger partial charge in [-0.1, -0.05) is 12.1 Å². The molecule has 14 N–H and O–H groups in total. The van der Waals surface area contributed by atoms with Crippen molar-refractivity contribution < 1.29 is 90.4 Å². The summed E-state index contributed by atoms with van der Waals surface area (Å²) in [5.74, 6) is -12.7. The highest BCUT2D eigenvalue weighted by atomic mass is 16.7. The van der Waals surface area contributed by atoms with Gasteiger partial charge in [0.15, 0.2) is 40.6 Å². The van der Waals surface area contributed by atoms with Crippen molar-refractivity contribution in [1.82, 2.24) is 0 Å². The predicted octanol–water partition coefficient (Wildman–Crippen LogP) is 4.24. The SMILES string of the molecule is Oc1cc(O)c2c(c1)O[C@H](c1ccc(O)c(O)c1)[C@H](O)[C@H]2c1c(O)cc2c(c1O)[C@@H]1c3c(cc(O)c4c3O[C@H](c3ccc(O)c(O)c3)[C@H](O)C4)O[C@](c3ccc(O)c(O)c3)(O2)[C@@H]1O. The summed E-state index contributed by atoms with van der Waals surface area (Å²) < 4.78 is 25.3. The molecule has 63 heavy (non-hydrogen) atoms. The van der Waals surface area contributed by atoms with Crippen LogP contribution in [0, 0.1) is 0 Å². The summed E-state index contributed by atoms with van der Waals surface area (Å²) in [6, 6.07) is 15.0. The van der Waals surface area contributed by atoms with Crippen LogP contribution in [0.5, 0.6) is 86.2 Å². The van der Waals surface area contributed by atoms with Gasteiger partial charge in [-0.05, 0) is 53.6 Å². The lowest BCUT2D eigenvalue weighted by Gasteiger charge is -2.51. The van der Waals surface area contributed by atoms with Crippen LogP contribution in [0.4, 0.5) is 0 Å². The van der Waals surface area contributed by atoms with E-state index in [9.17, 15) is 71.5 Å². The van der Waals surface area contributed by atoms with E-state index in [1.807, 2.05) is 0 Å². The normalized spacial score (nSPS) is 25.2. The molecule has 0 saturated heterocycles. The fraction of sp³-hybridized carbons (Fsp3) is 0.200. The molecule has 0 aromatic heterocycles. The number of aliphatic hydroxyl groups is 3. The second-order valence-corrected chi connectivity index (χ2v) is 15.9. The number of fused-ring (bicyclic) bond motifs is 9. The molecule has 324 valence electrons. The van der Waals surface area contributed by atoms with Gasteiger partial charge < -0.3 is 90.4 Å². The van der Waals surface area contributed by atoms with Crippen molar-refractivity contribution in [2.45, 2.75) is 54.6 Å². The minimum absolute atomic E-state index is 0.0246. The first-order valence-corrected chi connectivity index (χ1v) is 19.3. The molecule has 8 atom stereocenters. The number of hydrogen-bond acceptors (Lipinski definition) is 18. The first kappa shape index (κ1) is 39.3. The van der Waals surface area contributed by atoms with Gasteiger partial charge in [0.25, 0.3) is 0 Å². The Kier molecular flexibility index (Phi) is 8.49. The summed E-state index contributed by atoms with van der Waals surface area (Å²) in [5, 5.41) is 156. The number of aromatic hydroxyl groups is 11. The van der Waals surface area contributed by atoms with E-state index in [1.165, 1.54) is 30.3 Å². The average Bonchev–Trinajstić information content (AvgIpc) is 3.22. The Bertz CT molecular complexity index is 2910. The van der Waals surface area contributed by atoms with Gasteiger partial charge >= 0.3 is 5.79 Å². The standard InChI is InChI=1S/C45H36O18/c46-18-10-27(54)33-30(11-18)60-42(16-2-5-21(48)25(52)8-16)40(58)37(33)34-28(55)14-31-35(39(34)57)38-36-32(63-45(62-31,44(38)59)17-3-6-22(49)26(53)9-17)13-23(50)19-12-29(56)41(61-43(19)36)15-1-4-20(47)24(51)7-15/h1-11,13-14,29,37-38,40-42,44,46-59H,12H2/t29-,37-,38-,40-,41-,42-,44-,45+/m1/s1. The molecule has 4 aliphatic rings. The van der Waals surface area contributed by atoms with Crippen molar-refractivity contribution in [2.24, 2.45) is 0 Å². The molecule has 6 aromatic rings. The molecule has 4 aliphatic heterocycles. The van der Waals surface area contributed by atoms with Crippen molar-refractivity contribution in [3.8, 4) is 86.2 Å². The van der Waals surface area contributed by atoms with Crippen molar-refractivity contribution in [1.29, 1.82) is 0 Å². The summed E-state index contributed by atoms with van der Waals surface area (Å²) in [7, 11) is 0. The quantitative estimate of drug-likeness (QED) is 0.110. The van der Waals surface area contributed by atoms with E-state index >= 15 is 0 Å². The van der Waals surface area contributed by atoms with Gasteiger partial charge in [-0.2, -0.15) is 0 Å². The highest BCUT2D eigenvalue weighted by Gasteiger charge is 2.61. The molecule has 0 fully saturated rings. The summed E-state index contributed by atoms with van der Waals surface area (Å²) in [5.41, 5.74) is -0.683. The van der Waals surface area contributed by atoms with E-state index in [0.717, 1.165) is 48.5 Å². The van der Waals surface area contributed by atoms with E-state index in [0.29, 0.717) is 0 Å². The molecular formula is C45H36O18. The summed E-state index contributed by atoms with van der Waals surface area (Å²) >= 11 is 0. The van der Waals surface area contributed by atoms with Crippen molar-refractivity contribution >= 4 is 0 Å². The van der Waals surface area contributed by atoms with Gasteiger partial charge in [0.1, 0.15) is 70.1 Å². The summed E-state index contributed by atoms with van der Waals surface area (Å²) in [6.45, 7) is 0. The van der Waals surface area contributed by atoms with Crippen LogP contribution in [0.15, 0.2) is 78.9 Å². The topological polar surface area (TPSA) is 320 Å². The van der Waals surface area contributed by atoms with Crippen LogP contribution in [-0.4, -0.2) is 89.8 Å². The molecule has 0 saturated carbocycles. The molecule has 0 radical (unpaired) electrons. The van der Waals surface area contributed by atoms with Gasteiger partial charge in [-0.15, -0.1) is 0 Å². The van der Waals surface area contributed by atoms with Crippen LogP contribution >= 0.6 is 0 Å². The predicted molar refractivity (Wildman–Crippen MR) is 212 cm³/mol. The number of ether oxygens (including phenoxy) is 4. The van der Waals surface area contributed by atoms with Crippen LogP contribution in [0.3, 0.4) is 0 Å². The average molecular weight is 865 g/mol. The Balaban J connectivity index is 1.22. The minimum Gasteiger partial charge on any atom is -0.508 e. The smallest absolute Gasteiger partial charge is 0.305 e. The maximum atomic E-state index is 12.7. The zero-order valence-corrected chi connectivity index (χ0v) is 32.1. The molecule has 0 amide bonds. The number of benzene rings is 6. The lowest BCUT2D eigenvalue weighted by atomic mass is 9.72. The second kappa shape index (κ2) is 13.6. The monoisotopic (exact) mass is 864 g/mol. The van der Waals surface area contributed by atoms with Crippen LogP contribution < -0.4 is 18.9 Å². The molecule has 0 unspecified atom stereocenters. The number of hydrogen-bond donors (Lipinski definition) is 14. The van der Waals surface area contributed by atoms with E-state index in [2.05, 4.69) is 0 Å². The molecule has 2 bridgehead atoms. The molecule has 18 heteroatoms. The maximum Gasteiger partial charge on any atom is 0.305 e. The Hall–Kier alpha value is -7.80. The van der Waals surface area contributed by atoms with Crippen LogP contribution in [0.25, 0.3) is 0 Å². The zero-order chi connectivity index (χ0) is 44.5. The fourth-order valence-electron chi connectivity index (χ4n) is 9.31.